The van der Waals surface area contributed by atoms with E-state index in [2.05, 4.69) is 5.10 Å². The number of carbonyl (C=O) groups is 1. The molecule has 0 radical (unpaired) electrons. The van der Waals surface area contributed by atoms with Gasteiger partial charge in [-0.05, 0) is 12.1 Å². The molecule has 0 aliphatic carbocycles. The van der Waals surface area contributed by atoms with Gasteiger partial charge in [0.05, 0.1) is 18.1 Å². The van der Waals surface area contributed by atoms with Crippen molar-refractivity contribution in [1.82, 2.24) is 9.78 Å². The molecule has 1 aromatic carbocycles. The molecule has 2 rings (SSSR count). The molecular weight excluding hydrogens is 224 g/mol. The molecule has 0 aliphatic rings. The number of aromatic hydroxyl groups is 1. The minimum Gasteiger partial charge on any atom is -0.508 e. The van der Waals surface area contributed by atoms with Gasteiger partial charge in [0.15, 0.2) is 12.4 Å². The molecule has 0 saturated carbocycles. The molecule has 2 N–H and O–H groups in total. The lowest BCUT2D eigenvalue weighted by molar-refractivity contribution is -0.139. The van der Waals surface area contributed by atoms with Crippen LogP contribution in [0.4, 0.5) is 0 Å². The zero-order chi connectivity index (χ0) is 12.3. The maximum Gasteiger partial charge on any atom is 0.341 e. The number of aromatic nitrogens is 2. The van der Waals surface area contributed by atoms with Crippen molar-refractivity contribution in [2.45, 2.75) is 0 Å². The number of hydrogen-bond donors (Lipinski definition) is 2. The molecule has 0 unspecified atom stereocenters. The highest BCUT2D eigenvalue weighted by atomic mass is 16.5. The first-order chi connectivity index (χ1) is 8.15. The fourth-order valence-electron chi connectivity index (χ4n) is 1.30. The summed E-state index contributed by atoms with van der Waals surface area (Å²) in [7, 11) is 0. The molecule has 0 spiro atoms. The number of carboxylic acids is 1. The maximum atomic E-state index is 10.3. The summed E-state index contributed by atoms with van der Waals surface area (Å²) in [6, 6.07) is 6.53. The molecule has 0 aliphatic heterocycles. The topological polar surface area (TPSA) is 84.6 Å². The number of phenolic OH excluding ortho intramolecular Hbond substituents is 1. The second-order valence-corrected chi connectivity index (χ2v) is 3.32. The number of nitrogens with zero attached hydrogens (tertiary/aromatic N) is 2. The van der Waals surface area contributed by atoms with Crippen LogP contribution in [0.2, 0.25) is 0 Å². The van der Waals surface area contributed by atoms with Crippen LogP contribution in [0.25, 0.3) is 5.69 Å². The second-order valence-electron chi connectivity index (χ2n) is 3.32. The lowest BCUT2D eigenvalue weighted by Gasteiger charge is -2.01. The average Bonchev–Trinajstić information content (AvgIpc) is 2.75. The van der Waals surface area contributed by atoms with Crippen LogP contribution in [0.3, 0.4) is 0 Å². The van der Waals surface area contributed by atoms with E-state index >= 15 is 0 Å². The third-order valence-corrected chi connectivity index (χ3v) is 2.02. The van der Waals surface area contributed by atoms with Crippen LogP contribution in [0.1, 0.15) is 0 Å². The third-order valence-electron chi connectivity index (χ3n) is 2.02. The van der Waals surface area contributed by atoms with Gasteiger partial charge in [-0.15, -0.1) is 0 Å². The average molecular weight is 234 g/mol. The molecule has 0 amide bonds. The van der Waals surface area contributed by atoms with Crippen molar-refractivity contribution in [3.05, 3.63) is 36.7 Å². The van der Waals surface area contributed by atoms with Gasteiger partial charge in [0, 0.05) is 6.07 Å². The molecular formula is C11H10N2O4. The first-order valence-corrected chi connectivity index (χ1v) is 4.84. The minimum atomic E-state index is -1.05. The number of benzene rings is 1. The van der Waals surface area contributed by atoms with Crippen molar-refractivity contribution in [3.8, 4) is 17.2 Å². The van der Waals surface area contributed by atoms with Crippen molar-refractivity contribution in [3.63, 3.8) is 0 Å². The zero-order valence-electron chi connectivity index (χ0n) is 8.78. The van der Waals surface area contributed by atoms with Gasteiger partial charge in [-0.25, -0.2) is 9.48 Å². The van der Waals surface area contributed by atoms with Gasteiger partial charge in [-0.1, -0.05) is 6.07 Å². The van der Waals surface area contributed by atoms with Crippen molar-refractivity contribution in [2.75, 3.05) is 6.61 Å². The third kappa shape index (κ3) is 2.75. The molecule has 1 aromatic heterocycles. The molecule has 0 fully saturated rings. The Hall–Kier alpha value is -2.50. The predicted octanol–water partition coefficient (Wildman–Crippen LogP) is 1.04. The predicted molar refractivity (Wildman–Crippen MR) is 58.4 cm³/mol. The Balaban J connectivity index is 2.15. The summed E-state index contributed by atoms with van der Waals surface area (Å²) in [5.74, 6) is -0.558. The number of rotatable bonds is 4. The highest BCUT2D eigenvalue weighted by Gasteiger charge is 2.04. The summed E-state index contributed by atoms with van der Waals surface area (Å²) in [5.41, 5.74) is 0.662. The number of hydrogen-bond acceptors (Lipinski definition) is 4. The second kappa shape index (κ2) is 4.56. The molecule has 0 atom stereocenters. The van der Waals surface area contributed by atoms with Gasteiger partial charge in [0.2, 0.25) is 0 Å². The van der Waals surface area contributed by atoms with Crippen LogP contribution < -0.4 is 4.74 Å². The van der Waals surface area contributed by atoms with Crippen LogP contribution in [0.15, 0.2) is 36.7 Å². The first-order valence-electron chi connectivity index (χ1n) is 4.84. The van der Waals surface area contributed by atoms with Crippen LogP contribution in [0, 0.1) is 0 Å². The van der Waals surface area contributed by atoms with Crippen molar-refractivity contribution in [2.24, 2.45) is 0 Å². The van der Waals surface area contributed by atoms with Crippen molar-refractivity contribution < 1.29 is 19.7 Å². The summed E-state index contributed by atoms with van der Waals surface area (Å²) in [5, 5.41) is 21.8. The Morgan fingerprint density at radius 3 is 3.00 bits per heavy atom. The van der Waals surface area contributed by atoms with Gasteiger partial charge < -0.3 is 14.9 Å². The van der Waals surface area contributed by atoms with Crippen molar-refractivity contribution in [1.29, 1.82) is 0 Å². The van der Waals surface area contributed by atoms with E-state index in [-0.39, 0.29) is 5.75 Å². The molecule has 0 saturated heterocycles. The summed E-state index contributed by atoms with van der Waals surface area (Å²) >= 11 is 0. The molecule has 88 valence electrons. The summed E-state index contributed by atoms with van der Waals surface area (Å²) in [6.45, 7) is -0.411. The SMILES string of the molecule is O=C(O)COc1cnn(-c2cccc(O)c2)c1. The minimum absolute atomic E-state index is 0.131. The van der Waals surface area contributed by atoms with E-state index in [0.717, 1.165) is 0 Å². The van der Waals surface area contributed by atoms with Gasteiger partial charge in [0.25, 0.3) is 0 Å². The standard InChI is InChI=1S/C11H10N2O4/c14-9-3-1-2-8(4-9)13-6-10(5-12-13)17-7-11(15)16/h1-6,14H,7H2,(H,15,16). The molecule has 17 heavy (non-hydrogen) atoms. The van der Waals surface area contributed by atoms with Crippen LogP contribution in [0.5, 0.6) is 11.5 Å². The quantitative estimate of drug-likeness (QED) is 0.825. The fourth-order valence-corrected chi connectivity index (χ4v) is 1.30. The van der Waals surface area contributed by atoms with Gasteiger partial charge >= 0.3 is 5.97 Å². The molecule has 0 bridgehead atoms. The number of carboxylic acid groups (broad SMARTS) is 1. The smallest absolute Gasteiger partial charge is 0.341 e. The van der Waals surface area contributed by atoms with Crippen LogP contribution in [-0.2, 0) is 4.79 Å². The van der Waals surface area contributed by atoms with E-state index in [4.69, 9.17) is 9.84 Å². The summed E-state index contributed by atoms with van der Waals surface area (Å²) < 4.78 is 6.44. The molecule has 6 nitrogen and oxygen atoms in total. The molecule has 6 heteroatoms. The number of ether oxygens (including phenoxy) is 1. The Morgan fingerprint density at radius 2 is 2.29 bits per heavy atom. The number of phenols is 1. The van der Waals surface area contributed by atoms with Gasteiger partial charge in [-0.3, -0.25) is 0 Å². The maximum absolute atomic E-state index is 10.3. The largest absolute Gasteiger partial charge is 0.508 e. The van der Waals surface area contributed by atoms with Gasteiger partial charge in [0.1, 0.15) is 5.75 Å². The lowest BCUT2D eigenvalue weighted by atomic mass is 10.3. The molecule has 2 aromatic rings. The monoisotopic (exact) mass is 234 g/mol. The van der Waals surface area contributed by atoms with E-state index in [1.807, 2.05) is 0 Å². The lowest BCUT2D eigenvalue weighted by Crippen LogP contribution is -2.08. The Bertz CT molecular complexity index is 536. The summed E-state index contributed by atoms with van der Waals surface area (Å²) in [4.78, 5) is 10.3. The van der Waals surface area contributed by atoms with E-state index in [1.54, 1.807) is 18.2 Å². The number of aliphatic carboxylic acids is 1. The zero-order valence-corrected chi connectivity index (χ0v) is 8.78. The summed E-state index contributed by atoms with van der Waals surface area (Å²) in [6.07, 6.45) is 2.95. The van der Waals surface area contributed by atoms with Crippen LogP contribution in [-0.4, -0.2) is 32.6 Å². The van der Waals surface area contributed by atoms with E-state index in [0.29, 0.717) is 11.4 Å². The normalized spacial score (nSPS) is 10.1. The Labute approximate surface area is 96.7 Å². The van der Waals surface area contributed by atoms with E-state index < -0.39 is 12.6 Å². The Morgan fingerprint density at radius 1 is 1.47 bits per heavy atom. The van der Waals surface area contributed by atoms with Crippen molar-refractivity contribution >= 4 is 5.97 Å². The highest BCUT2D eigenvalue weighted by Crippen LogP contribution is 2.17. The van der Waals surface area contributed by atoms with Gasteiger partial charge in [-0.2, -0.15) is 5.10 Å². The first kappa shape index (κ1) is 11.0. The fraction of sp³-hybridized carbons (Fsp3) is 0.0909. The van der Waals surface area contributed by atoms with Crippen LogP contribution >= 0.6 is 0 Å². The Kier molecular flexibility index (Phi) is 2.95. The molecule has 1 heterocycles. The highest BCUT2D eigenvalue weighted by molar-refractivity contribution is 5.68. The van der Waals surface area contributed by atoms with E-state index in [1.165, 1.54) is 23.1 Å². The van der Waals surface area contributed by atoms with E-state index in [9.17, 15) is 9.90 Å².